The van der Waals surface area contributed by atoms with Crippen molar-refractivity contribution in [3.63, 3.8) is 0 Å². The fourth-order valence-corrected chi connectivity index (χ4v) is 0.849. The molecule has 0 bridgehead atoms. The Morgan fingerprint density at radius 1 is 1.27 bits per heavy atom. The lowest BCUT2D eigenvalue weighted by Crippen LogP contribution is -2.43. The number of hydrogen-bond acceptors (Lipinski definition) is 3. The van der Waals surface area contributed by atoms with Crippen LogP contribution in [0.1, 0.15) is 26.7 Å². The van der Waals surface area contributed by atoms with Gasteiger partial charge in [0.25, 0.3) is 0 Å². The molecule has 0 heterocycles. The molecule has 0 aromatic carbocycles. The van der Waals surface area contributed by atoms with Gasteiger partial charge in [-0.25, -0.2) is 0 Å². The molecular weight excluding hydrogens is 200 g/mol. The largest absolute Gasteiger partial charge is 0.480 e. The van der Waals surface area contributed by atoms with Crippen LogP contribution in [0.3, 0.4) is 0 Å². The van der Waals surface area contributed by atoms with Gasteiger partial charge in [-0.05, 0) is 13.3 Å². The summed E-state index contributed by atoms with van der Waals surface area (Å²) in [6.45, 7) is 3.02. The van der Waals surface area contributed by atoms with E-state index in [-0.39, 0.29) is 12.5 Å². The fourth-order valence-electron chi connectivity index (χ4n) is 0.849. The Kier molecular flexibility index (Phi) is 6.08. The average Bonchev–Trinajstić information content (AvgIpc) is 2.15. The van der Waals surface area contributed by atoms with Gasteiger partial charge in [-0.1, -0.05) is 6.92 Å². The maximum absolute atomic E-state index is 11.1. The highest BCUT2D eigenvalue weighted by molar-refractivity contribution is 5.87. The summed E-state index contributed by atoms with van der Waals surface area (Å²) in [7, 11) is 0. The van der Waals surface area contributed by atoms with Crippen LogP contribution in [0.25, 0.3) is 0 Å². The fraction of sp³-hybridized carbons (Fsp3) is 0.667. The Hall–Kier alpha value is -1.59. The molecule has 0 aliphatic carbocycles. The minimum absolute atomic E-state index is 0.184. The smallest absolute Gasteiger partial charge is 0.325 e. The molecule has 86 valence electrons. The summed E-state index contributed by atoms with van der Waals surface area (Å²) in [4.78, 5) is 32.4. The number of carboxylic acid groups (broad SMARTS) is 1. The van der Waals surface area contributed by atoms with E-state index in [1.54, 1.807) is 0 Å². The lowest BCUT2D eigenvalue weighted by Gasteiger charge is -2.09. The van der Waals surface area contributed by atoms with E-state index in [0.29, 0.717) is 12.8 Å². The Bertz CT molecular complexity index is 252. The first-order valence-electron chi connectivity index (χ1n) is 4.76. The minimum atomic E-state index is -1.11. The Morgan fingerprint density at radius 3 is 2.33 bits per heavy atom. The van der Waals surface area contributed by atoms with Gasteiger partial charge in [0.2, 0.25) is 11.8 Å². The zero-order valence-corrected chi connectivity index (χ0v) is 8.87. The van der Waals surface area contributed by atoms with Crippen molar-refractivity contribution >= 4 is 17.8 Å². The van der Waals surface area contributed by atoms with E-state index in [4.69, 9.17) is 5.11 Å². The van der Waals surface area contributed by atoms with Crippen LogP contribution in [0.4, 0.5) is 0 Å². The van der Waals surface area contributed by atoms with E-state index in [2.05, 4.69) is 10.6 Å². The summed E-state index contributed by atoms with van der Waals surface area (Å²) in [5.41, 5.74) is 0. The van der Waals surface area contributed by atoms with Gasteiger partial charge in [-0.15, -0.1) is 0 Å². The molecule has 0 aromatic rings. The molecule has 0 aromatic heterocycles. The van der Waals surface area contributed by atoms with E-state index in [1.807, 2.05) is 6.92 Å². The molecule has 0 saturated carbocycles. The van der Waals surface area contributed by atoms with Gasteiger partial charge in [-0.2, -0.15) is 0 Å². The number of carbonyl (C=O) groups is 3. The summed E-state index contributed by atoms with van der Waals surface area (Å²) in [6, 6.07) is -0.944. The van der Waals surface area contributed by atoms with Gasteiger partial charge in [0.15, 0.2) is 0 Å². The highest BCUT2D eigenvalue weighted by Crippen LogP contribution is 1.85. The molecular formula is C9H16N2O4. The van der Waals surface area contributed by atoms with Crippen molar-refractivity contribution in [2.24, 2.45) is 0 Å². The second kappa shape index (κ2) is 6.80. The maximum atomic E-state index is 11.1. The first-order chi connectivity index (χ1) is 6.97. The molecule has 3 N–H and O–H groups in total. The third-order valence-corrected chi connectivity index (χ3v) is 1.67. The van der Waals surface area contributed by atoms with Crippen LogP contribution in [-0.4, -0.2) is 35.5 Å². The molecule has 0 radical (unpaired) electrons. The maximum Gasteiger partial charge on any atom is 0.325 e. The van der Waals surface area contributed by atoms with Crippen molar-refractivity contribution in [1.29, 1.82) is 0 Å². The summed E-state index contributed by atoms with van der Waals surface area (Å²) < 4.78 is 0. The zero-order chi connectivity index (χ0) is 11.8. The van der Waals surface area contributed by atoms with Gasteiger partial charge in [0, 0.05) is 6.42 Å². The molecule has 1 atom stereocenters. The molecule has 0 rings (SSSR count). The summed E-state index contributed by atoms with van der Waals surface area (Å²) in [5, 5.41) is 13.1. The number of rotatable bonds is 6. The topological polar surface area (TPSA) is 95.5 Å². The Balaban J connectivity index is 3.75. The van der Waals surface area contributed by atoms with Gasteiger partial charge < -0.3 is 15.7 Å². The van der Waals surface area contributed by atoms with Gasteiger partial charge in [-0.3, -0.25) is 14.4 Å². The molecule has 0 unspecified atom stereocenters. The van der Waals surface area contributed by atoms with Gasteiger partial charge >= 0.3 is 5.97 Å². The van der Waals surface area contributed by atoms with Crippen molar-refractivity contribution in [3.05, 3.63) is 0 Å². The van der Waals surface area contributed by atoms with Gasteiger partial charge in [0.1, 0.15) is 6.04 Å². The number of carboxylic acids is 1. The normalized spacial score (nSPS) is 11.6. The molecule has 6 nitrogen and oxygen atoms in total. The average molecular weight is 216 g/mol. The van der Waals surface area contributed by atoms with E-state index >= 15 is 0 Å². The second-order valence-electron chi connectivity index (χ2n) is 3.15. The molecule has 0 saturated heterocycles. The third kappa shape index (κ3) is 6.48. The van der Waals surface area contributed by atoms with Crippen LogP contribution in [0.5, 0.6) is 0 Å². The SMILES string of the molecule is CCCC(=O)NCC(=O)N[C@@H](C)C(=O)O. The molecule has 0 aliphatic heterocycles. The van der Waals surface area contributed by atoms with Crippen molar-refractivity contribution in [2.45, 2.75) is 32.7 Å². The van der Waals surface area contributed by atoms with Crippen LogP contribution in [0.15, 0.2) is 0 Å². The quantitative estimate of drug-likeness (QED) is 0.557. The first-order valence-corrected chi connectivity index (χ1v) is 4.76. The van der Waals surface area contributed by atoms with E-state index < -0.39 is 17.9 Å². The number of nitrogens with one attached hydrogen (secondary N) is 2. The summed E-state index contributed by atoms with van der Waals surface area (Å²) >= 11 is 0. The predicted molar refractivity (Wildman–Crippen MR) is 53.2 cm³/mol. The molecule has 0 spiro atoms. The summed E-state index contributed by atoms with van der Waals surface area (Å²) in [6.07, 6.45) is 1.07. The van der Waals surface area contributed by atoms with Crippen LogP contribution in [0, 0.1) is 0 Å². The van der Waals surface area contributed by atoms with E-state index in [1.165, 1.54) is 6.92 Å². The number of amides is 2. The van der Waals surface area contributed by atoms with Crippen LogP contribution >= 0.6 is 0 Å². The van der Waals surface area contributed by atoms with Crippen molar-refractivity contribution in [1.82, 2.24) is 10.6 Å². The Labute approximate surface area is 88.0 Å². The van der Waals surface area contributed by atoms with E-state index in [9.17, 15) is 14.4 Å². The number of hydrogen-bond donors (Lipinski definition) is 3. The molecule has 6 heteroatoms. The molecule has 0 fully saturated rings. The van der Waals surface area contributed by atoms with Crippen molar-refractivity contribution in [2.75, 3.05) is 6.54 Å². The standard InChI is InChI=1S/C9H16N2O4/c1-3-4-7(12)10-5-8(13)11-6(2)9(14)15/h6H,3-5H2,1-2H3,(H,10,12)(H,11,13)(H,14,15)/t6-/m0/s1. The van der Waals surface area contributed by atoms with Crippen LogP contribution in [0.2, 0.25) is 0 Å². The zero-order valence-electron chi connectivity index (χ0n) is 8.87. The predicted octanol–water partition coefficient (Wildman–Crippen LogP) is -0.508. The van der Waals surface area contributed by atoms with Gasteiger partial charge in [0.05, 0.1) is 6.54 Å². The highest BCUT2D eigenvalue weighted by atomic mass is 16.4. The third-order valence-electron chi connectivity index (χ3n) is 1.67. The monoisotopic (exact) mass is 216 g/mol. The second-order valence-corrected chi connectivity index (χ2v) is 3.15. The van der Waals surface area contributed by atoms with Crippen molar-refractivity contribution in [3.8, 4) is 0 Å². The molecule has 0 aliphatic rings. The van der Waals surface area contributed by atoms with Crippen molar-refractivity contribution < 1.29 is 19.5 Å². The van der Waals surface area contributed by atoms with Crippen LogP contribution in [-0.2, 0) is 14.4 Å². The lowest BCUT2D eigenvalue weighted by molar-refractivity contribution is -0.141. The first kappa shape index (κ1) is 13.4. The van der Waals surface area contributed by atoms with Crippen LogP contribution < -0.4 is 10.6 Å². The number of carbonyl (C=O) groups excluding carboxylic acids is 2. The minimum Gasteiger partial charge on any atom is -0.480 e. The number of aliphatic carboxylic acids is 1. The molecule has 2 amide bonds. The Morgan fingerprint density at radius 2 is 1.87 bits per heavy atom. The lowest BCUT2D eigenvalue weighted by atomic mass is 10.3. The van der Waals surface area contributed by atoms with E-state index in [0.717, 1.165) is 0 Å². The highest BCUT2D eigenvalue weighted by Gasteiger charge is 2.13. The molecule has 15 heavy (non-hydrogen) atoms. The summed E-state index contributed by atoms with van der Waals surface area (Å²) in [5.74, 6) is -1.83.